The van der Waals surface area contributed by atoms with Crippen LogP contribution in [0.4, 0.5) is 0 Å². The highest BCUT2D eigenvalue weighted by atomic mass is 16.4. The van der Waals surface area contributed by atoms with Crippen LogP contribution in [-0.2, 0) is 4.79 Å². The Kier molecular flexibility index (Phi) is 3.56. The number of nitrogens with one attached hydrogen (secondary N) is 1. The van der Waals surface area contributed by atoms with Gasteiger partial charge in [-0.25, -0.2) is 4.79 Å². The van der Waals surface area contributed by atoms with E-state index in [9.17, 15) is 4.79 Å². The third-order valence-electron chi connectivity index (χ3n) is 1.41. The van der Waals surface area contributed by atoms with Crippen LogP contribution in [0.2, 0.25) is 0 Å². The summed E-state index contributed by atoms with van der Waals surface area (Å²) in [6.07, 6.45) is 3.07. The lowest BCUT2D eigenvalue weighted by Crippen LogP contribution is -2.49. The van der Waals surface area contributed by atoms with Crippen LogP contribution in [0.15, 0.2) is 12.3 Å². The molecule has 0 aliphatic carbocycles. The molecule has 64 valence electrons. The monoisotopic (exact) mass is 159 g/mol. The molecule has 5 nitrogen and oxygen atoms in total. The van der Waals surface area contributed by atoms with Gasteiger partial charge in [-0.15, -0.1) is 0 Å². The molecule has 0 aromatic heterocycles. The number of carbonyl (C=O) groups is 1. The molecule has 0 aromatic rings. The average Bonchev–Trinajstić information content (AvgIpc) is 1.88. The van der Waals surface area contributed by atoms with Crippen molar-refractivity contribution in [3.63, 3.8) is 0 Å². The van der Waals surface area contributed by atoms with E-state index in [0.29, 0.717) is 6.54 Å². The predicted molar refractivity (Wildman–Crippen MR) is 41.4 cm³/mol. The maximum atomic E-state index is 10.4. The summed E-state index contributed by atoms with van der Waals surface area (Å²) in [6, 6.07) is 0. The molecule has 0 radical (unpaired) electrons. The molecule has 5 N–H and O–H groups in total. The zero-order chi connectivity index (χ0) is 7.56. The van der Waals surface area contributed by atoms with Crippen LogP contribution in [0.5, 0.6) is 0 Å². The van der Waals surface area contributed by atoms with E-state index in [4.69, 9.17) is 5.11 Å². The molecule has 0 saturated carbocycles. The summed E-state index contributed by atoms with van der Waals surface area (Å²) in [7, 11) is 1.72. The smallest absolute Gasteiger partial charge is 0.341 e. The van der Waals surface area contributed by atoms with Crippen LogP contribution in [0, 0.1) is 0 Å². The third-order valence-corrected chi connectivity index (χ3v) is 1.41. The Labute approximate surface area is 65.3 Å². The molecule has 0 aromatic carbocycles. The van der Waals surface area contributed by atoms with Crippen molar-refractivity contribution in [2.75, 3.05) is 13.6 Å². The Morgan fingerprint density at radius 2 is 2.45 bits per heavy atom. The van der Waals surface area contributed by atoms with Gasteiger partial charge in [0, 0.05) is 13.6 Å². The molecule has 1 unspecified atom stereocenters. The first-order chi connectivity index (χ1) is 4.72. The van der Waals surface area contributed by atoms with E-state index in [2.05, 4.69) is 5.32 Å². The van der Waals surface area contributed by atoms with Crippen molar-refractivity contribution in [3.05, 3.63) is 12.3 Å². The maximum absolute atomic E-state index is 10.4. The molecule has 1 aliphatic rings. The summed E-state index contributed by atoms with van der Waals surface area (Å²) >= 11 is 0. The van der Waals surface area contributed by atoms with Crippen LogP contribution in [0.3, 0.4) is 0 Å². The van der Waals surface area contributed by atoms with Crippen molar-refractivity contribution < 1.29 is 9.90 Å². The first-order valence-electron chi connectivity index (χ1n) is 3.06. The molecule has 1 atom stereocenters. The van der Waals surface area contributed by atoms with Gasteiger partial charge in [-0.3, -0.25) is 5.32 Å². The Morgan fingerprint density at radius 3 is 2.82 bits per heavy atom. The Balaban J connectivity index is 0.000001000. The van der Waals surface area contributed by atoms with E-state index in [-0.39, 0.29) is 6.15 Å². The van der Waals surface area contributed by atoms with Crippen molar-refractivity contribution in [3.8, 4) is 0 Å². The molecule has 1 rings (SSSR count). The molecular formula is C6H13N3O2. The van der Waals surface area contributed by atoms with Crippen molar-refractivity contribution >= 4 is 5.97 Å². The molecule has 0 amide bonds. The molecule has 1 heterocycles. The number of aliphatic carboxylic acids is 1. The summed E-state index contributed by atoms with van der Waals surface area (Å²) in [5, 5.41) is 11.4. The number of hydrogen-bond acceptors (Lipinski definition) is 4. The number of carboxylic acid groups (broad SMARTS) is 1. The van der Waals surface area contributed by atoms with Crippen LogP contribution in [-0.4, -0.2) is 35.7 Å². The first-order valence-corrected chi connectivity index (χ1v) is 3.06. The van der Waals surface area contributed by atoms with Crippen LogP contribution in [0.1, 0.15) is 0 Å². The molecule has 5 heteroatoms. The molecule has 0 bridgehead atoms. The Bertz CT molecular complexity index is 169. The normalized spacial score (nSPS) is 22.6. The van der Waals surface area contributed by atoms with E-state index < -0.39 is 12.1 Å². The van der Waals surface area contributed by atoms with E-state index in [1.807, 2.05) is 6.08 Å². The lowest BCUT2D eigenvalue weighted by molar-refractivity contribution is -0.143. The zero-order valence-corrected chi connectivity index (χ0v) is 6.45. The van der Waals surface area contributed by atoms with Crippen molar-refractivity contribution in [2.24, 2.45) is 0 Å². The second-order valence-corrected chi connectivity index (χ2v) is 2.20. The first kappa shape index (κ1) is 9.93. The van der Waals surface area contributed by atoms with E-state index in [0.717, 1.165) is 0 Å². The number of carboxylic acids is 1. The lowest BCUT2D eigenvalue weighted by atomic mass is 10.3. The highest BCUT2D eigenvalue weighted by molar-refractivity contribution is 5.73. The standard InChI is InChI=1S/C6H10N2O2.H3N/c1-8-4-2-3-7-5(8)6(9)10;/h2,4-5,7H,3H2,1H3,(H,9,10);1H3. The van der Waals surface area contributed by atoms with E-state index >= 15 is 0 Å². The number of hydrogen-bond donors (Lipinski definition) is 3. The summed E-state index contributed by atoms with van der Waals surface area (Å²) in [5.74, 6) is -0.841. The topological polar surface area (TPSA) is 87.6 Å². The van der Waals surface area contributed by atoms with Crippen molar-refractivity contribution in [1.82, 2.24) is 16.4 Å². The second kappa shape index (κ2) is 3.95. The van der Waals surface area contributed by atoms with Gasteiger partial charge in [-0.1, -0.05) is 6.08 Å². The van der Waals surface area contributed by atoms with Crippen LogP contribution in [0.25, 0.3) is 0 Å². The minimum Gasteiger partial charge on any atom is -0.479 e. The van der Waals surface area contributed by atoms with Gasteiger partial charge < -0.3 is 16.2 Å². The summed E-state index contributed by atoms with van der Waals surface area (Å²) in [4.78, 5) is 12.0. The van der Waals surface area contributed by atoms with Gasteiger partial charge in [0.2, 0.25) is 0 Å². The number of rotatable bonds is 1. The molecule has 11 heavy (non-hydrogen) atoms. The quantitative estimate of drug-likeness (QED) is 0.485. The van der Waals surface area contributed by atoms with Crippen LogP contribution < -0.4 is 11.5 Å². The maximum Gasteiger partial charge on any atom is 0.341 e. The SMILES string of the molecule is CN1C=CCNC1C(=O)O.N. The highest BCUT2D eigenvalue weighted by Crippen LogP contribution is 1.97. The van der Waals surface area contributed by atoms with E-state index in [1.165, 1.54) is 0 Å². The number of nitrogens with zero attached hydrogens (tertiary/aromatic N) is 1. The number of likely N-dealkylation sites (N-methyl/N-ethyl adjacent to an activating group) is 1. The summed E-state index contributed by atoms with van der Waals surface area (Å²) in [5.41, 5.74) is 0. The molecule has 0 spiro atoms. The highest BCUT2D eigenvalue weighted by Gasteiger charge is 2.20. The predicted octanol–water partition coefficient (Wildman–Crippen LogP) is -0.392. The molecule has 0 saturated heterocycles. The molecular weight excluding hydrogens is 146 g/mol. The average molecular weight is 159 g/mol. The zero-order valence-electron chi connectivity index (χ0n) is 6.45. The van der Waals surface area contributed by atoms with E-state index in [1.54, 1.807) is 18.1 Å². The van der Waals surface area contributed by atoms with Gasteiger partial charge in [-0.05, 0) is 6.20 Å². The Hall–Kier alpha value is -1.07. The fourth-order valence-corrected chi connectivity index (χ4v) is 0.890. The van der Waals surface area contributed by atoms with Crippen LogP contribution >= 0.6 is 0 Å². The van der Waals surface area contributed by atoms with Gasteiger partial charge in [0.25, 0.3) is 0 Å². The van der Waals surface area contributed by atoms with Gasteiger partial charge in [0.1, 0.15) is 0 Å². The fourth-order valence-electron chi connectivity index (χ4n) is 0.890. The fraction of sp³-hybridized carbons (Fsp3) is 0.500. The van der Waals surface area contributed by atoms with Gasteiger partial charge in [0.15, 0.2) is 6.17 Å². The van der Waals surface area contributed by atoms with Gasteiger partial charge >= 0.3 is 5.97 Å². The molecule has 1 aliphatic heterocycles. The molecule has 0 fully saturated rings. The minimum atomic E-state index is -0.841. The van der Waals surface area contributed by atoms with Crippen molar-refractivity contribution in [1.29, 1.82) is 0 Å². The third kappa shape index (κ3) is 2.21. The second-order valence-electron chi connectivity index (χ2n) is 2.20. The lowest BCUT2D eigenvalue weighted by Gasteiger charge is -2.26. The largest absolute Gasteiger partial charge is 0.479 e. The van der Waals surface area contributed by atoms with Gasteiger partial charge in [-0.2, -0.15) is 0 Å². The van der Waals surface area contributed by atoms with Crippen molar-refractivity contribution in [2.45, 2.75) is 6.17 Å². The van der Waals surface area contributed by atoms with Gasteiger partial charge in [0.05, 0.1) is 0 Å². The summed E-state index contributed by atoms with van der Waals surface area (Å²) < 4.78 is 0. The Morgan fingerprint density at radius 1 is 1.82 bits per heavy atom. The minimum absolute atomic E-state index is 0. The summed E-state index contributed by atoms with van der Waals surface area (Å²) in [6.45, 7) is 0.626.